The number of rotatable bonds is 4. The molecule has 4 nitrogen and oxygen atoms in total. The van der Waals surface area contributed by atoms with E-state index in [1.165, 1.54) is 0 Å². The molecule has 0 radical (unpaired) electrons. The first kappa shape index (κ1) is 12.8. The van der Waals surface area contributed by atoms with Crippen molar-refractivity contribution < 1.29 is 4.42 Å². The van der Waals surface area contributed by atoms with Crippen LogP contribution in [0, 0.1) is 5.41 Å². The van der Waals surface area contributed by atoms with Gasteiger partial charge < -0.3 is 9.73 Å². The lowest BCUT2D eigenvalue weighted by molar-refractivity contribution is 0.364. The van der Waals surface area contributed by atoms with Gasteiger partial charge in [0.2, 0.25) is 11.8 Å². The minimum atomic E-state index is 0.252. The first-order valence-electron chi connectivity index (χ1n) is 6.13. The van der Waals surface area contributed by atoms with Crippen LogP contribution in [-0.4, -0.2) is 16.7 Å². The molecular formula is C14H19N3O. The van der Waals surface area contributed by atoms with Crippen LogP contribution in [-0.2, 0) is 6.54 Å². The molecule has 1 N–H and O–H groups in total. The van der Waals surface area contributed by atoms with Gasteiger partial charge in [-0.15, -0.1) is 10.2 Å². The van der Waals surface area contributed by atoms with Gasteiger partial charge in [-0.2, -0.15) is 0 Å². The number of hydrogen-bond donors (Lipinski definition) is 1. The zero-order valence-electron chi connectivity index (χ0n) is 11.1. The number of hydrogen-bond acceptors (Lipinski definition) is 4. The summed E-state index contributed by atoms with van der Waals surface area (Å²) < 4.78 is 5.60. The molecular weight excluding hydrogens is 226 g/mol. The highest BCUT2D eigenvalue weighted by Crippen LogP contribution is 2.17. The van der Waals surface area contributed by atoms with Crippen LogP contribution in [0.5, 0.6) is 0 Å². The summed E-state index contributed by atoms with van der Waals surface area (Å²) in [6.45, 7) is 8.07. The van der Waals surface area contributed by atoms with Crippen LogP contribution < -0.4 is 5.32 Å². The molecule has 0 spiro atoms. The topological polar surface area (TPSA) is 51.0 Å². The maximum absolute atomic E-state index is 5.60. The molecule has 0 unspecified atom stereocenters. The van der Waals surface area contributed by atoms with Gasteiger partial charge in [0.1, 0.15) is 0 Å². The van der Waals surface area contributed by atoms with Crippen molar-refractivity contribution in [1.29, 1.82) is 0 Å². The van der Waals surface area contributed by atoms with Gasteiger partial charge in [0, 0.05) is 12.1 Å². The zero-order valence-corrected chi connectivity index (χ0v) is 11.1. The Morgan fingerprint density at radius 1 is 1.11 bits per heavy atom. The Balaban J connectivity index is 1.95. The molecule has 0 saturated carbocycles. The predicted molar refractivity (Wildman–Crippen MR) is 70.9 cm³/mol. The molecule has 0 saturated heterocycles. The Kier molecular flexibility index (Phi) is 3.77. The lowest BCUT2D eigenvalue weighted by Gasteiger charge is -2.17. The Hall–Kier alpha value is -1.68. The van der Waals surface area contributed by atoms with Gasteiger partial charge in [0.25, 0.3) is 0 Å². The average Bonchev–Trinajstić information content (AvgIpc) is 2.77. The predicted octanol–water partition coefficient (Wildman–Crippen LogP) is 2.87. The summed E-state index contributed by atoms with van der Waals surface area (Å²) in [7, 11) is 0. The van der Waals surface area contributed by atoms with Crippen LogP contribution in [0.1, 0.15) is 26.7 Å². The Morgan fingerprint density at radius 2 is 1.83 bits per heavy atom. The van der Waals surface area contributed by atoms with Gasteiger partial charge in [-0.25, -0.2) is 0 Å². The molecule has 0 bridgehead atoms. The summed E-state index contributed by atoms with van der Waals surface area (Å²) in [6, 6.07) is 9.79. The van der Waals surface area contributed by atoms with Gasteiger partial charge in [-0.3, -0.25) is 0 Å². The van der Waals surface area contributed by atoms with Crippen molar-refractivity contribution >= 4 is 0 Å². The smallest absolute Gasteiger partial charge is 0.247 e. The minimum Gasteiger partial charge on any atom is -0.419 e. The third-order valence-corrected chi connectivity index (χ3v) is 2.42. The van der Waals surface area contributed by atoms with E-state index in [1.54, 1.807) is 0 Å². The fourth-order valence-corrected chi connectivity index (χ4v) is 1.57. The van der Waals surface area contributed by atoms with Crippen molar-refractivity contribution in [2.45, 2.75) is 27.3 Å². The van der Waals surface area contributed by atoms with Crippen molar-refractivity contribution in [2.75, 3.05) is 6.54 Å². The zero-order chi connectivity index (χ0) is 13.0. The molecule has 1 aromatic heterocycles. The van der Waals surface area contributed by atoms with Crippen molar-refractivity contribution in [2.24, 2.45) is 5.41 Å². The van der Waals surface area contributed by atoms with Crippen LogP contribution >= 0.6 is 0 Å². The van der Waals surface area contributed by atoms with E-state index in [-0.39, 0.29) is 5.41 Å². The van der Waals surface area contributed by atoms with Gasteiger partial charge in [0.15, 0.2) is 0 Å². The van der Waals surface area contributed by atoms with E-state index in [9.17, 15) is 0 Å². The quantitative estimate of drug-likeness (QED) is 0.899. The second-order valence-electron chi connectivity index (χ2n) is 5.53. The molecule has 0 aliphatic rings. The monoisotopic (exact) mass is 245 g/mol. The standard InChI is InChI=1S/C14H19N3O/c1-14(2,3)10-15-9-12-16-17-13(18-12)11-7-5-4-6-8-11/h4-8,15H,9-10H2,1-3H3. The van der Waals surface area contributed by atoms with E-state index < -0.39 is 0 Å². The van der Waals surface area contributed by atoms with Crippen molar-refractivity contribution in [3.63, 3.8) is 0 Å². The summed E-state index contributed by atoms with van der Waals surface area (Å²) in [5.74, 6) is 1.20. The summed E-state index contributed by atoms with van der Waals surface area (Å²) in [4.78, 5) is 0. The highest BCUT2D eigenvalue weighted by atomic mass is 16.4. The first-order valence-corrected chi connectivity index (χ1v) is 6.13. The summed E-state index contributed by atoms with van der Waals surface area (Å²) in [5, 5.41) is 11.4. The first-order chi connectivity index (χ1) is 8.54. The Labute approximate surface area is 107 Å². The van der Waals surface area contributed by atoms with E-state index in [4.69, 9.17) is 4.42 Å². The van der Waals surface area contributed by atoms with Crippen LogP contribution in [0.3, 0.4) is 0 Å². The fraction of sp³-hybridized carbons (Fsp3) is 0.429. The number of benzene rings is 1. The fourth-order valence-electron chi connectivity index (χ4n) is 1.57. The second kappa shape index (κ2) is 5.31. The molecule has 1 aromatic carbocycles. The Morgan fingerprint density at radius 3 is 2.50 bits per heavy atom. The molecule has 96 valence electrons. The largest absolute Gasteiger partial charge is 0.419 e. The lowest BCUT2D eigenvalue weighted by Crippen LogP contribution is -2.26. The van der Waals surface area contributed by atoms with Crippen molar-refractivity contribution in [3.8, 4) is 11.5 Å². The van der Waals surface area contributed by atoms with Crippen molar-refractivity contribution in [1.82, 2.24) is 15.5 Å². The SMILES string of the molecule is CC(C)(C)CNCc1nnc(-c2ccccc2)o1. The van der Waals surface area contributed by atoms with E-state index in [2.05, 4.69) is 36.3 Å². The van der Waals surface area contributed by atoms with Crippen LogP contribution in [0.4, 0.5) is 0 Å². The van der Waals surface area contributed by atoms with Gasteiger partial charge >= 0.3 is 0 Å². The summed E-state index contributed by atoms with van der Waals surface area (Å²) >= 11 is 0. The highest BCUT2D eigenvalue weighted by Gasteiger charge is 2.11. The van der Waals surface area contributed by atoms with Crippen molar-refractivity contribution in [3.05, 3.63) is 36.2 Å². The maximum atomic E-state index is 5.60. The third kappa shape index (κ3) is 3.67. The van der Waals surface area contributed by atoms with Gasteiger partial charge in [-0.1, -0.05) is 39.0 Å². The molecule has 0 atom stereocenters. The maximum Gasteiger partial charge on any atom is 0.247 e. The summed E-state index contributed by atoms with van der Waals surface area (Å²) in [5.41, 5.74) is 1.20. The molecule has 2 aromatic rings. The number of aromatic nitrogens is 2. The van der Waals surface area contributed by atoms with E-state index in [0.29, 0.717) is 18.3 Å². The third-order valence-electron chi connectivity index (χ3n) is 2.42. The van der Waals surface area contributed by atoms with Crippen LogP contribution in [0.25, 0.3) is 11.5 Å². The molecule has 0 aliphatic heterocycles. The average molecular weight is 245 g/mol. The molecule has 2 rings (SSSR count). The molecule has 0 fully saturated rings. The molecule has 0 aliphatic carbocycles. The molecule has 1 heterocycles. The minimum absolute atomic E-state index is 0.252. The van der Waals surface area contributed by atoms with Crippen LogP contribution in [0.2, 0.25) is 0 Å². The molecule has 18 heavy (non-hydrogen) atoms. The van der Waals surface area contributed by atoms with E-state index in [0.717, 1.165) is 12.1 Å². The summed E-state index contributed by atoms with van der Waals surface area (Å²) in [6.07, 6.45) is 0. The number of nitrogens with zero attached hydrogens (tertiary/aromatic N) is 2. The van der Waals surface area contributed by atoms with Gasteiger partial charge in [0.05, 0.1) is 6.54 Å². The van der Waals surface area contributed by atoms with Crippen LogP contribution in [0.15, 0.2) is 34.7 Å². The normalized spacial score (nSPS) is 11.7. The molecule has 0 amide bonds. The Bertz CT molecular complexity index is 485. The molecule has 4 heteroatoms. The van der Waals surface area contributed by atoms with Gasteiger partial charge in [-0.05, 0) is 17.5 Å². The lowest BCUT2D eigenvalue weighted by atomic mass is 9.97. The highest BCUT2D eigenvalue weighted by molar-refractivity contribution is 5.51. The van der Waals surface area contributed by atoms with E-state index >= 15 is 0 Å². The number of nitrogens with one attached hydrogen (secondary N) is 1. The van der Waals surface area contributed by atoms with E-state index in [1.807, 2.05) is 30.3 Å². The second-order valence-corrected chi connectivity index (χ2v) is 5.53.